The lowest BCUT2D eigenvalue weighted by Crippen LogP contribution is -2.53. The summed E-state index contributed by atoms with van der Waals surface area (Å²) in [4.78, 5) is 13.6. The maximum Gasteiger partial charge on any atom is 0.205 e. The second-order valence-corrected chi connectivity index (χ2v) is 7.06. The van der Waals surface area contributed by atoms with Crippen molar-refractivity contribution in [2.45, 2.75) is 20.0 Å². The van der Waals surface area contributed by atoms with E-state index in [1.807, 2.05) is 25.2 Å². The van der Waals surface area contributed by atoms with Crippen molar-refractivity contribution in [3.63, 3.8) is 0 Å². The highest BCUT2D eigenvalue weighted by Crippen LogP contribution is 2.19. The van der Waals surface area contributed by atoms with Crippen molar-refractivity contribution in [2.24, 2.45) is 4.99 Å². The first-order valence-electron chi connectivity index (χ1n) is 9.45. The van der Waals surface area contributed by atoms with Crippen LogP contribution in [0.5, 0.6) is 0 Å². The molecule has 1 aliphatic heterocycles. The van der Waals surface area contributed by atoms with E-state index < -0.39 is 0 Å². The number of hydrogen-bond donors (Lipinski definition) is 1. The number of rotatable bonds is 7. The van der Waals surface area contributed by atoms with Crippen molar-refractivity contribution in [1.82, 2.24) is 19.6 Å². The molecular weight excluding hydrogens is 487 g/mol. The molecule has 0 aliphatic carbocycles. The molecule has 0 spiro atoms. The summed E-state index contributed by atoms with van der Waals surface area (Å²) in [6.45, 7) is 7.84. The molecule has 1 aromatic carbocycles. The number of piperazine rings is 1. The van der Waals surface area contributed by atoms with Gasteiger partial charge < -0.3 is 19.9 Å². The number of benzene rings is 1. The molecular formula is C19H29IN6OS. The second-order valence-electron chi connectivity index (χ2n) is 6.33. The van der Waals surface area contributed by atoms with E-state index in [0.717, 1.165) is 56.1 Å². The van der Waals surface area contributed by atoms with Gasteiger partial charge in [0.05, 0.1) is 13.2 Å². The Bertz CT molecular complexity index is 718. The van der Waals surface area contributed by atoms with Crippen LogP contribution in [0.1, 0.15) is 18.3 Å². The van der Waals surface area contributed by atoms with Crippen LogP contribution in [0.25, 0.3) is 0 Å². The summed E-state index contributed by atoms with van der Waals surface area (Å²) >= 11 is 1.50. The highest BCUT2D eigenvalue weighted by atomic mass is 127. The second kappa shape index (κ2) is 12.2. The fourth-order valence-corrected chi connectivity index (χ4v) is 3.76. The van der Waals surface area contributed by atoms with Crippen LogP contribution >= 0.6 is 35.5 Å². The molecule has 0 bridgehead atoms. The summed E-state index contributed by atoms with van der Waals surface area (Å²) in [5, 5.41) is 4.43. The fourth-order valence-electron chi connectivity index (χ4n) is 2.96. The minimum Gasteiger partial charge on any atom is -0.375 e. The molecule has 154 valence electrons. The number of ether oxygens (including phenoxy) is 1. The standard InChI is InChI=1S/C19H28N6OS.HI/c1-3-17-22-19(27-23-17)25-12-10-24(11-13-25)18(20-2)21-9-14-26-15-16-7-5-4-6-8-16;/h4-8H,3,9-15H2,1-2H3,(H,20,21);1H. The average molecular weight is 516 g/mol. The molecule has 0 radical (unpaired) electrons. The van der Waals surface area contributed by atoms with Gasteiger partial charge in [-0.25, -0.2) is 4.98 Å². The van der Waals surface area contributed by atoms with E-state index in [4.69, 9.17) is 4.74 Å². The zero-order valence-electron chi connectivity index (χ0n) is 16.5. The smallest absolute Gasteiger partial charge is 0.205 e. The first-order valence-corrected chi connectivity index (χ1v) is 10.2. The number of guanidine groups is 1. The van der Waals surface area contributed by atoms with E-state index in [-0.39, 0.29) is 24.0 Å². The van der Waals surface area contributed by atoms with Gasteiger partial charge in [0.25, 0.3) is 0 Å². The van der Waals surface area contributed by atoms with E-state index in [9.17, 15) is 0 Å². The lowest BCUT2D eigenvalue weighted by atomic mass is 10.2. The summed E-state index contributed by atoms with van der Waals surface area (Å²) in [7, 11) is 1.83. The summed E-state index contributed by atoms with van der Waals surface area (Å²) in [5.74, 6) is 1.87. The van der Waals surface area contributed by atoms with E-state index in [0.29, 0.717) is 13.2 Å². The van der Waals surface area contributed by atoms with Crippen LogP contribution in [0, 0.1) is 0 Å². The molecule has 28 heavy (non-hydrogen) atoms. The molecule has 7 nitrogen and oxygen atoms in total. The summed E-state index contributed by atoms with van der Waals surface area (Å²) < 4.78 is 10.1. The van der Waals surface area contributed by atoms with Crippen LogP contribution in [-0.4, -0.2) is 66.6 Å². The van der Waals surface area contributed by atoms with Crippen molar-refractivity contribution < 1.29 is 4.74 Å². The lowest BCUT2D eigenvalue weighted by molar-refractivity contribution is 0.125. The molecule has 9 heteroatoms. The molecule has 0 saturated carbocycles. The Hall–Kier alpha value is -1.46. The highest BCUT2D eigenvalue weighted by Gasteiger charge is 2.21. The number of aryl methyl sites for hydroxylation is 1. The van der Waals surface area contributed by atoms with Crippen LogP contribution in [0.2, 0.25) is 0 Å². The molecule has 2 aromatic rings. The van der Waals surface area contributed by atoms with E-state index in [2.05, 4.69) is 48.5 Å². The summed E-state index contributed by atoms with van der Waals surface area (Å²) in [6.07, 6.45) is 0.888. The normalized spacial score (nSPS) is 14.7. The number of hydrogen-bond acceptors (Lipinski definition) is 6. The molecule has 0 unspecified atom stereocenters. The number of nitrogens with zero attached hydrogens (tertiary/aromatic N) is 5. The van der Waals surface area contributed by atoms with E-state index >= 15 is 0 Å². The van der Waals surface area contributed by atoms with Gasteiger partial charge in [-0.1, -0.05) is 37.3 Å². The van der Waals surface area contributed by atoms with Gasteiger partial charge in [-0.2, -0.15) is 4.37 Å². The maximum absolute atomic E-state index is 5.73. The van der Waals surface area contributed by atoms with Crippen molar-refractivity contribution in [2.75, 3.05) is 51.3 Å². The topological polar surface area (TPSA) is 65.9 Å². The summed E-state index contributed by atoms with van der Waals surface area (Å²) in [6, 6.07) is 10.2. The zero-order chi connectivity index (χ0) is 18.9. The van der Waals surface area contributed by atoms with Gasteiger partial charge in [-0.3, -0.25) is 4.99 Å². The zero-order valence-corrected chi connectivity index (χ0v) is 19.7. The third kappa shape index (κ3) is 6.56. The number of aromatic nitrogens is 2. The fraction of sp³-hybridized carbons (Fsp3) is 0.526. The number of nitrogens with one attached hydrogen (secondary N) is 1. The molecule has 1 aromatic heterocycles. The molecule has 0 amide bonds. The predicted octanol–water partition coefficient (Wildman–Crippen LogP) is 2.63. The van der Waals surface area contributed by atoms with Gasteiger partial charge >= 0.3 is 0 Å². The number of halogens is 1. The van der Waals surface area contributed by atoms with Crippen molar-refractivity contribution in [1.29, 1.82) is 0 Å². The first kappa shape index (κ1) is 22.8. The molecule has 2 heterocycles. The highest BCUT2D eigenvalue weighted by molar-refractivity contribution is 14.0. The minimum absolute atomic E-state index is 0. The number of anilines is 1. The van der Waals surface area contributed by atoms with Gasteiger partial charge in [-0.15, -0.1) is 24.0 Å². The third-order valence-electron chi connectivity index (χ3n) is 4.48. The Morgan fingerprint density at radius 1 is 1.21 bits per heavy atom. The van der Waals surface area contributed by atoms with E-state index in [1.165, 1.54) is 17.1 Å². The van der Waals surface area contributed by atoms with Gasteiger partial charge in [-0.05, 0) is 5.56 Å². The lowest BCUT2D eigenvalue weighted by Gasteiger charge is -2.36. The van der Waals surface area contributed by atoms with Crippen LogP contribution in [-0.2, 0) is 17.8 Å². The van der Waals surface area contributed by atoms with Gasteiger partial charge in [0.1, 0.15) is 5.82 Å². The molecule has 3 rings (SSSR count). The quantitative estimate of drug-likeness (QED) is 0.264. The summed E-state index contributed by atoms with van der Waals surface area (Å²) in [5.41, 5.74) is 1.20. The van der Waals surface area contributed by atoms with Crippen LogP contribution in [0.15, 0.2) is 35.3 Å². The van der Waals surface area contributed by atoms with Crippen LogP contribution < -0.4 is 10.2 Å². The Balaban J connectivity index is 0.00000280. The van der Waals surface area contributed by atoms with E-state index in [1.54, 1.807) is 0 Å². The Morgan fingerprint density at radius 2 is 1.96 bits per heavy atom. The molecule has 0 atom stereocenters. The SMILES string of the molecule is CCc1nsc(N2CCN(C(=NC)NCCOCc3ccccc3)CC2)n1.I. The molecule has 1 aliphatic rings. The Morgan fingerprint density at radius 3 is 2.61 bits per heavy atom. The monoisotopic (exact) mass is 516 g/mol. The van der Waals surface area contributed by atoms with Crippen LogP contribution in [0.3, 0.4) is 0 Å². The molecule has 1 saturated heterocycles. The minimum atomic E-state index is 0. The average Bonchev–Trinajstić information content (AvgIpc) is 3.21. The van der Waals surface area contributed by atoms with Crippen molar-refractivity contribution >= 4 is 46.6 Å². The predicted molar refractivity (Wildman–Crippen MR) is 126 cm³/mol. The van der Waals surface area contributed by atoms with Gasteiger partial charge in [0, 0.05) is 57.7 Å². The maximum atomic E-state index is 5.73. The molecule has 1 fully saturated rings. The Labute approximate surface area is 188 Å². The van der Waals surface area contributed by atoms with Crippen molar-refractivity contribution in [3.8, 4) is 0 Å². The van der Waals surface area contributed by atoms with Gasteiger partial charge in [0.2, 0.25) is 5.13 Å². The molecule has 1 N–H and O–H groups in total. The third-order valence-corrected chi connectivity index (χ3v) is 5.29. The Kier molecular flexibility index (Phi) is 9.93. The number of aliphatic imine (C=N–C) groups is 1. The van der Waals surface area contributed by atoms with Crippen LogP contribution in [0.4, 0.5) is 5.13 Å². The van der Waals surface area contributed by atoms with Crippen molar-refractivity contribution in [3.05, 3.63) is 41.7 Å². The largest absolute Gasteiger partial charge is 0.375 e. The first-order chi connectivity index (χ1) is 13.3. The van der Waals surface area contributed by atoms with Gasteiger partial charge in [0.15, 0.2) is 5.96 Å².